The van der Waals surface area contributed by atoms with Crippen LogP contribution in [-0.4, -0.2) is 19.3 Å². The molecule has 0 amide bonds. The molecule has 0 aliphatic rings. The van der Waals surface area contributed by atoms with Gasteiger partial charge in [-0.05, 0) is 29.7 Å². The molecule has 2 aromatic rings. The Kier molecular flexibility index (Phi) is 5.23. The lowest BCUT2D eigenvalue weighted by Crippen LogP contribution is -2.04. The zero-order valence-corrected chi connectivity index (χ0v) is 12.8. The third-order valence-corrected chi connectivity index (χ3v) is 3.66. The van der Waals surface area contributed by atoms with Gasteiger partial charge in [-0.1, -0.05) is 31.2 Å². The van der Waals surface area contributed by atoms with Gasteiger partial charge in [0.1, 0.15) is 11.5 Å². The Morgan fingerprint density at radius 3 is 2.19 bits per heavy atom. The number of hydrogen-bond acceptors (Lipinski definition) is 3. The van der Waals surface area contributed by atoms with Crippen LogP contribution in [0.4, 0.5) is 0 Å². The fraction of sp³-hybridized carbons (Fsp3) is 0.333. The molecule has 0 spiro atoms. The van der Waals surface area contributed by atoms with Crippen LogP contribution in [0.3, 0.4) is 0 Å². The summed E-state index contributed by atoms with van der Waals surface area (Å²) < 4.78 is 10.5. The van der Waals surface area contributed by atoms with E-state index in [1.165, 1.54) is 5.56 Å². The van der Waals surface area contributed by atoms with E-state index < -0.39 is 6.10 Å². The van der Waals surface area contributed by atoms with E-state index in [2.05, 4.69) is 31.2 Å². The number of ether oxygens (including phenoxy) is 2. The molecule has 0 fully saturated rings. The third-order valence-electron chi connectivity index (χ3n) is 3.66. The maximum absolute atomic E-state index is 10.5. The van der Waals surface area contributed by atoms with Gasteiger partial charge in [-0.2, -0.15) is 0 Å². The van der Waals surface area contributed by atoms with E-state index in [0.717, 1.165) is 23.3 Å². The first-order valence-electron chi connectivity index (χ1n) is 7.15. The lowest BCUT2D eigenvalue weighted by molar-refractivity contribution is 0.174. The number of aliphatic hydroxyl groups is 1. The highest BCUT2D eigenvalue weighted by Gasteiger charge is 2.14. The zero-order chi connectivity index (χ0) is 15.2. The number of aryl methyl sites for hydroxylation is 1. The fourth-order valence-electron chi connectivity index (χ4n) is 2.34. The molecule has 3 nitrogen and oxygen atoms in total. The van der Waals surface area contributed by atoms with Gasteiger partial charge in [0.05, 0.1) is 20.3 Å². The van der Waals surface area contributed by atoms with Crippen LogP contribution in [0.15, 0.2) is 42.5 Å². The van der Waals surface area contributed by atoms with Crippen molar-refractivity contribution in [2.24, 2.45) is 0 Å². The van der Waals surface area contributed by atoms with E-state index in [1.807, 2.05) is 12.1 Å². The quantitative estimate of drug-likeness (QED) is 0.882. The van der Waals surface area contributed by atoms with Gasteiger partial charge in [-0.25, -0.2) is 0 Å². The van der Waals surface area contributed by atoms with Crippen molar-refractivity contribution in [3.05, 3.63) is 59.2 Å². The molecule has 2 aromatic carbocycles. The summed E-state index contributed by atoms with van der Waals surface area (Å²) in [6.07, 6.45) is 0.986. The van der Waals surface area contributed by atoms with Crippen molar-refractivity contribution in [3.8, 4) is 11.5 Å². The fourth-order valence-corrected chi connectivity index (χ4v) is 2.34. The highest BCUT2D eigenvalue weighted by atomic mass is 16.5. The smallest absolute Gasteiger partial charge is 0.128 e. The molecule has 0 aliphatic heterocycles. The van der Waals surface area contributed by atoms with Crippen LogP contribution in [0.25, 0.3) is 0 Å². The maximum atomic E-state index is 10.5. The minimum atomic E-state index is -0.599. The predicted octanol–water partition coefficient (Wildman–Crippen LogP) is 3.54. The number of hydrogen-bond donors (Lipinski definition) is 1. The Bertz CT molecular complexity index is 576. The lowest BCUT2D eigenvalue weighted by atomic mass is 9.99. The molecule has 0 aromatic heterocycles. The molecule has 0 heterocycles. The molecule has 1 unspecified atom stereocenters. The first-order chi connectivity index (χ1) is 10.2. The van der Waals surface area contributed by atoms with Crippen molar-refractivity contribution in [1.82, 2.24) is 0 Å². The van der Waals surface area contributed by atoms with E-state index in [1.54, 1.807) is 20.3 Å². The van der Waals surface area contributed by atoms with Crippen molar-refractivity contribution < 1.29 is 14.6 Å². The van der Waals surface area contributed by atoms with Crippen LogP contribution < -0.4 is 9.47 Å². The van der Waals surface area contributed by atoms with Crippen molar-refractivity contribution >= 4 is 0 Å². The van der Waals surface area contributed by atoms with Crippen LogP contribution >= 0.6 is 0 Å². The Morgan fingerprint density at radius 1 is 0.952 bits per heavy atom. The van der Waals surface area contributed by atoms with Crippen molar-refractivity contribution in [2.75, 3.05) is 14.2 Å². The minimum absolute atomic E-state index is 0.562. The molecule has 3 heteroatoms. The summed E-state index contributed by atoms with van der Waals surface area (Å²) in [7, 11) is 3.21. The maximum Gasteiger partial charge on any atom is 0.128 e. The topological polar surface area (TPSA) is 38.7 Å². The van der Waals surface area contributed by atoms with Gasteiger partial charge in [0.15, 0.2) is 0 Å². The van der Waals surface area contributed by atoms with Gasteiger partial charge in [-0.3, -0.25) is 0 Å². The second-order valence-electron chi connectivity index (χ2n) is 5.00. The molecule has 0 saturated carbocycles. The van der Waals surface area contributed by atoms with E-state index in [4.69, 9.17) is 9.47 Å². The summed E-state index contributed by atoms with van der Waals surface area (Å²) in [5.74, 6) is 1.36. The molecule has 2 rings (SSSR count). The van der Waals surface area contributed by atoms with Gasteiger partial charge in [0.2, 0.25) is 0 Å². The molecule has 21 heavy (non-hydrogen) atoms. The first-order valence-corrected chi connectivity index (χ1v) is 7.15. The lowest BCUT2D eigenvalue weighted by Gasteiger charge is -2.16. The Labute approximate surface area is 126 Å². The predicted molar refractivity (Wildman–Crippen MR) is 84.0 cm³/mol. The van der Waals surface area contributed by atoms with Crippen molar-refractivity contribution in [1.29, 1.82) is 0 Å². The normalized spacial score (nSPS) is 12.0. The summed E-state index contributed by atoms with van der Waals surface area (Å²) in [5.41, 5.74) is 3.19. The van der Waals surface area contributed by atoms with Crippen LogP contribution in [0.2, 0.25) is 0 Å². The minimum Gasteiger partial charge on any atom is -0.497 e. The van der Waals surface area contributed by atoms with Crippen LogP contribution in [0, 0.1) is 0 Å². The molecule has 1 atom stereocenters. The van der Waals surface area contributed by atoms with E-state index >= 15 is 0 Å². The average molecular weight is 286 g/mol. The second-order valence-corrected chi connectivity index (χ2v) is 5.00. The largest absolute Gasteiger partial charge is 0.497 e. The molecule has 0 radical (unpaired) electrons. The summed E-state index contributed by atoms with van der Waals surface area (Å²) in [5, 5.41) is 10.5. The SMILES string of the molecule is CCc1ccc(CC(O)c2ccc(OC)cc2OC)cc1. The molecule has 0 aliphatic carbocycles. The molecule has 112 valence electrons. The molecular weight excluding hydrogens is 264 g/mol. The van der Waals surface area contributed by atoms with E-state index in [-0.39, 0.29) is 0 Å². The standard InChI is InChI=1S/C18H22O3/c1-4-13-5-7-14(8-6-13)11-17(19)16-10-9-15(20-2)12-18(16)21-3/h5-10,12,17,19H,4,11H2,1-3H3. The number of aliphatic hydroxyl groups excluding tert-OH is 1. The summed E-state index contributed by atoms with van der Waals surface area (Å²) in [6.45, 7) is 2.13. The Morgan fingerprint density at radius 2 is 1.62 bits per heavy atom. The van der Waals surface area contributed by atoms with Crippen LogP contribution in [-0.2, 0) is 12.8 Å². The molecular formula is C18H22O3. The third kappa shape index (κ3) is 3.76. The monoisotopic (exact) mass is 286 g/mol. The zero-order valence-electron chi connectivity index (χ0n) is 12.8. The highest BCUT2D eigenvalue weighted by Crippen LogP contribution is 2.31. The van der Waals surface area contributed by atoms with Crippen LogP contribution in [0.1, 0.15) is 29.7 Å². The van der Waals surface area contributed by atoms with Gasteiger partial charge in [-0.15, -0.1) is 0 Å². The summed E-state index contributed by atoms with van der Waals surface area (Å²) >= 11 is 0. The number of methoxy groups -OCH3 is 2. The summed E-state index contributed by atoms with van der Waals surface area (Å²) in [6, 6.07) is 13.8. The van der Waals surface area contributed by atoms with Gasteiger partial charge < -0.3 is 14.6 Å². The van der Waals surface area contributed by atoms with E-state index in [9.17, 15) is 5.11 Å². The highest BCUT2D eigenvalue weighted by molar-refractivity contribution is 5.42. The first kappa shape index (κ1) is 15.4. The Balaban J connectivity index is 2.17. The van der Waals surface area contributed by atoms with Gasteiger partial charge in [0.25, 0.3) is 0 Å². The number of rotatable bonds is 6. The molecule has 0 saturated heterocycles. The van der Waals surface area contributed by atoms with E-state index in [0.29, 0.717) is 12.2 Å². The Hall–Kier alpha value is -2.00. The van der Waals surface area contributed by atoms with Crippen molar-refractivity contribution in [3.63, 3.8) is 0 Å². The van der Waals surface area contributed by atoms with Crippen LogP contribution in [0.5, 0.6) is 11.5 Å². The second kappa shape index (κ2) is 7.14. The molecule has 0 bridgehead atoms. The number of benzene rings is 2. The van der Waals surface area contributed by atoms with Gasteiger partial charge in [0, 0.05) is 18.1 Å². The molecule has 1 N–H and O–H groups in total. The summed E-state index contributed by atoms with van der Waals surface area (Å²) in [4.78, 5) is 0. The van der Waals surface area contributed by atoms with Crippen molar-refractivity contribution in [2.45, 2.75) is 25.9 Å². The average Bonchev–Trinajstić information content (AvgIpc) is 2.54. The van der Waals surface area contributed by atoms with Gasteiger partial charge >= 0.3 is 0 Å².